The molecule has 3 fully saturated rings. The van der Waals surface area contributed by atoms with Gasteiger partial charge in [0.1, 0.15) is 6.10 Å². The summed E-state index contributed by atoms with van der Waals surface area (Å²) in [7, 11) is 0. The molecule has 0 aliphatic carbocycles. The van der Waals surface area contributed by atoms with Crippen LogP contribution in [0.5, 0.6) is 0 Å². The van der Waals surface area contributed by atoms with E-state index in [0.717, 1.165) is 39.5 Å². The van der Waals surface area contributed by atoms with E-state index in [4.69, 9.17) is 18.9 Å². The van der Waals surface area contributed by atoms with Crippen LogP contribution in [0, 0.1) is 0 Å². The Bertz CT molecular complexity index is 257. The van der Waals surface area contributed by atoms with Crippen molar-refractivity contribution in [1.82, 2.24) is 4.90 Å². The molecule has 0 spiro atoms. The van der Waals surface area contributed by atoms with Crippen molar-refractivity contribution < 1.29 is 18.9 Å². The Morgan fingerprint density at radius 1 is 0.900 bits per heavy atom. The molecule has 3 unspecified atom stereocenters. The van der Waals surface area contributed by atoms with Gasteiger partial charge in [-0.15, -0.1) is 0 Å². The van der Waals surface area contributed by atoms with E-state index in [1.54, 1.807) is 0 Å². The standard InChI is InChI=1S/C9H17NO2.C6H12O2/c1-7(2)10(3-8-5-11-8)4-9-6-12-9;1-5(2)7-3-6-4-8-6/h7-9H,3-6H2,1-2H3;5-6H,3-4H2,1-2H3. The molecule has 0 bridgehead atoms. The SMILES string of the molecule is CC(C)N(CC1CO1)CC1CO1.CC(C)OCC1CO1. The van der Waals surface area contributed by atoms with Crippen molar-refractivity contribution in [3.8, 4) is 0 Å². The molecule has 0 aromatic rings. The summed E-state index contributed by atoms with van der Waals surface area (Å²) in [6.45, 7) is 14.3. The predicted octanol–water partition coefficient (Wildman–Crippen LogP) is 1.30. The molecule has 3 saturated heterocycles. The largest absolute Gasteiger partial charge is 0.376 e. The van der Waals surface area contributed by atoms with E-state index in [1.165, 1.54) is 0 Å². The second-order valence-electron chi connectivity index (χ2n) is 6.30. The average molecular weight is 287 g/mol. The number of hydrogen-bond donors (Lipinski definition) is 0. The molecule has 0 radical (unpaired) electrons. The quantitative estimate of drug-likeness (QED) is 0.630. The Labute approximate surface area is 122 Å². The minimum atomic E-state index is 0.346. The molecule has 5 nitrogen and oxygen atoms in total. The van der Waals surface area contributed by atoms with Gasteiger partial charge in [-0.1, -0.05) is 0 Å². The minimum absolute atomic E-state index is 0.346. The zero-order chi connectivity index (χ0) is 14.5. The second-order valence-corrected chi connectivity index (χ2v) is 6.30. The Hall–Kier alpha value is -0.200. The lowest BCUT2D eigenvalue weighted by Gasteiger charge is -2.24. The first-order valence-corrected chi connectivity index (χ1v) is 7.75. The number of rotatable bonds is 8. The third kappa shape index (κ3) is 7.55. The third-order valence-electron chi connectivity index (χ3n) is 3.43. The van der Waals surface area contributed by atoms with E-state index in [2.05, 4.69) is 18.7 Å². The van der Waals surface area contributed by atoms with E-state index >= 15 is 0 Å². The second kappa shape index (κ2) is 7.71. The highest BCUT2D eigenvalue weighted by Crippen LogP contribution is 2.17. The highest BCUT2D eigenvalue weighted by atomic mass is 16.6. The van der Waals surface area contributed by atoms with Crippen LogP contribution in [0.2, 0.25) is 0 Å². The van der Waals surface area contributed by atoms with Gasteiger partial charge in [-0.05, 0) is 27.7 Å². The first-order valence-electron chi connectivity index (χ1n) is 7.75. The Morgan fingerprint density at radius 3 is 1.65 bits per heavy atom. The molecule has 3 aliphatic rings. The van der Waals surface area contributed by atoms with Crippen LogP contribution in [0.3, 0.4) is 0 Å². The molecular weight excluding hydrogens is 258 g/mol. The number of nitrogens with zero attached hydrogens (tertiary/aromatic N) is 1. The van der Waals surface area contributed by atoms with Crippen molar-refractivity contribution in [1.29, 1.82) is 0 Å². The maximum absolute atomic E-state index is 5.24. The lowest BCUT2D eigenvalue weighted by molar-refractivity contribution is 0.0662. The molecule has 0 aromatic carbocycles. The van der Waals surface area contributed by atoms with Crippen molar-refractivity contribution in [2.75, 3.05) is 39.5 Å². The van der Waals surface area contributed by atoms with E-state index < -0.39 is 0 Å². The van der Waals surface area contributed by atoms with Gasteiger partial charge in [0.2, 0.25) is 0 Å². The normalized spacial score (nSPS) is 30.4. The van der Waals surface area contributed by atoms with Gasteiger partial charge in [0, 0.05) is 19.1 Å². The van der Waals surface area contributed by atoms with E-state index in [-0.39, 0.29) is 0 Å². The zero-order valence-electron chi connectivity index (χ0n) is 13.2. The lowest BCUT2D eigenvalue weighted by Crippen LogP contribution is -2.37. The average Bonchev–Trinajstić information content (AvgIpc) is 3.25. The van der Waals surface area contributed by atoms with Gasteiger partial charge in [-0.25, -0.2) is 0 Å². The topological polar surface area (TPSA) is 50.1 Å². The minimum Gasteiger partial charge on any atom is -0.376 e. The summed E-state index contributed by atoms with van der Waals surface area (Å²) in [5.74, 6) is 0. The van der Waals surface area contributed by atoms with Gasteiger partial charge in [0.25, 0.3) is 0 Å². The fourth-order valence-corrected chi connectivity index (χ4v) is 1.83. The van der Waals surface area contributed by atoms with Crippen LogP contribution in [0.4, 0.5) is 0 Å². The molecule has 3 rings (SSSR count). The van der Waals surface area contributed by atoms with E-state index in [9.17, 15) is 0 Å². The van der Waals surface area contributed by atoms with Gasteiger partial charge in [-0.2, -0.15) is 0 Å². The van der Waals surface area contributed by atoms with Crippen LogP contribution in [0.1, 0.15) is 27.7 Å². The molecule has 5 heteroatoms. The van der Waals surface area contributed by atoms with Gasteiger partial charge in [-0.3, -0.25) is 4.90 Å². The summed E-state index contributed by atoms with van der Waals surface area (Å²) in [6.07, 6.45) is 1.77. The maximum Gasteiger partial charge on any atom is 0.104 e. The Balaban J connectivity index is 0.000000160. The number of ether oxygens (including phenoxy) is 4. The van der Waals surface area contributed by atoms with Crippen LogP contribution < -0.4 is 0 Å². The maximum atomic E-state index is 5.24. The van der Waals surface area contributed by atoms with Crippen molar-refractivity contribution in [2.45, 2.75) is 58.2 Å². The monoisotopic (exact) mass is 287 g/mol. The van der Waals surface area contributed by atoms with Crippen LogP contribution in [0.15, 0.2) is 0 Å². The molecule has 3 aliphatic heterocycles. The van der Waals surface area contributed by atoms with Crippen LogP contribution >= 0.6 is 0 Å². The Morgan fingerprint density at radius 2 is 1.35 bits per heavy atom. The lowest BCUT2D eigenvalue weighted by atomic mass is 10.2. The van der Waals surface area contributed by atoms with Crippen molar-refractivity contribution >= 4 is 0 Å². The summed E-state index contributed by atoms with van der Waals surface area (Å²) in [5.41, 5.74) is 0. The number of epoxide rings is 3. The summed E-state index contributed by atoms with van der Waals surface area (Å²) in [4.78, 5) is 2.44. The van der Waals surface area contributed by atoms with Crippen LogP contribution in [-0.4, -0.2) is 74.9 Å². The van der Waals surface area contributed by atoms with Crippen molar-refractivity contribution in [3.05, 3.63) is 0 Å². The molecular formula is C15H29NO4. The first-order chi connectivity index (χ1) is 9.54. The number of hydrogen-bond acceptors (Lipinski definition) is 5. The van der Waals surface area contributed by atoms with Gasteiger partial charge in [0.15, 0.2) is 0 Å². The van der Waals surface area contributed by atoms with Crippen LogP contribution in [-0.2, 0) is 18.9 Å². The van der Waals surface area contributed by atoms with Crippen LogP contribution in [0.25, 0.3) is 0 Å². The van der Waals surface area contributed by atoms with E-state index in [1.807, 2.05) is 13.8 Å². The summed E-state index contributed by atoms with van der Waals surface area (Å²) >= 11 is 0. The Kier molecular flexibility index (Phi) is 6.23. The van der Waals surface area contributed by atoms with Crippen molar-refractivity contribution in [3.63, 3.8) is 0 Å². The fraction of sp³-hybridized carbons (Fsp3) is 1.00. The molecule has 118 valence electrons. The highest BCUT2D eigenvalue weighted by molar-refractivity contribution is 4.81. The fourth-order valence-electron chi connectivity index (χ4n) is 1.83. The molecule has 0 aromatic heterocycles. The summed E-state index contributed by atoms with van der Waals surface area (Å²) < 4.78 is 20.6. The van der Waals surface area contributed by atoms with E-state index in [0.29, 0.717) is 30.5 Å². The summed E-state index contributed by atoms with van der Waals surface area (Å²) in [6, 6.07) is 0.610. The summed E-state index contributed by atoms with van der Waals surface area (Å²) in [5, 5.41) is 0. The smallest absolute Gasteiger partial charge is 0.104 e. The van der Waals surface area contributed by atoms with Crippen molar-refractivity contribution in [2.24, 2.45) is 0 Å². The van der Waals surface area contributed by atoms with Gasteiger partial charge in [0.05, 0.1) is 44.7 Å². The molecule has 0 amide bonds. The van der Waals surface area contributed by atoms with Gasteiger partial charge >= 0.3 is 0 Å². The van der Waals surface area contributed by atoms with Gasteiger partial charge < -0.3 is 18.9 Å². The molecule has 0 N–H and O–H groups in total. The predicted molar refractivity (Wildman–Crippen MR) is 77.0 cm³/mol. The zero-order valence-corrected chi connectivity index (χ0v) is 13.2. The highest BCUT2D eigenvalue weighted by Gasteiger charge is 2.31. The molecule has 0 saturated carbocycles. The third-order valence-corrected chi connectivity index (χ3v) is 3.43. The molecule has 20 heavy (non-hydrogen) atoms. The first kappa shape index (κ1) is 16.2. The molecule has 3 heterocycles. The molecule has 3 atom stereocenters.